The Hall–Kier alpha value is -3.46. The maximum Gasteiger partial charge on any atom is 0.336 e. The number of allylic oxidation sites excluding steroid dienone is 3. The topological polar surface area (TPSA) is 103 Å². The van der Waals surface area contributed by atoms with Crippen molar-refractivity contribution in [2.24, 2.45) is 0 Å². The number of esters is 1. The number of hydrogen-bond donors (Lipinski definition) is 2. The molecule has 1 aliphatic carbocycles. The maximum absolute atomic E-state index is 13.8. The van der Waals surface area contributed by atoms with Gasteiger partial charge in [0, 0.05) is 29.3 Å². The van der Waals surface area contributed by atoms with Crippen LogP contribution in [-0.2, 0) is 14.3 Å². The molecule has 2 aromatic rings. The van der Waals surface area contributed by atoms with E-state index < -0.39 is 11.9 Å². The summed E-state index contributed by atoms with van der Waals surface area (Å²) in [6.07, 6.45) is 0.828. The van der Waals surface area contributed by atoms with Crippen molar-refractivity contribution in [2.45, 2.75) is 38.5 Å². The molecular weight excluding hydrogens is 542 g/mol. The lowest BCUT2D eigenvalue weighted by molar-refractivity contribution is -0.138. The van der Waals surface area contributed by atoms with Gasteiger partial charge in [0.25, 0.3) is 0 Å². The molecule has 37 heavy (non-hydrogen) atoms. The number of ketones is 1. The highest BCUT2D eigenvalue weighted by atomic mass is 79.9. The molecule has 4 rings (SSSR count). The van der Waals surface area contributed by atoms with E-state index >= 15 is 0 Å². The molecule has 0 aromatic heterocycles. The Balaban J connectivity index is 1.83. The number of benzene rings is 2. The van der Waals surface area contributed by atoms with Gasteiger partial charge in [0.15, 0.2) is 28.8 Å². The maximum atomic E-state index is 13.8. The van der Waals surface area contributed by atoms with Crippen molar-refractivity contribution >= 4 is 27.7 Å². The molecule has 2 aliphatic rings. The van der Waals surface area contributed by atoms with Crippen molar-refractivity contribution in [1.82, 2.24) is 5.32 Å². The second-order valence-corrected chi connectivity index (χ2v) is 9.76. The highest BCUT2D eigenvalue weighted by molar-refractivity contribution is 9.10. The first-order chi connectivity index (χ1) is 17.7. The second-order valence-electron chi connectivity index (χ2n) is 8.91. The van der Waals surface area contributed by atoms with E-state index in [2.05, 4.69) is 21.2 Å². The van der Waals surface area contributed by atoms with Crippen LogP contribution in [-0.4, -0.2) is 44.8 Å². The molecule has 0 bridgehead atoms. The van der Waals surface area contributed by atoms with E-state index in [1.165, 1.54) is 7.11 Å². The number of carbonyl (C=O) groups is 2. The molecule has 0 spiro atoms. The average molecular weight is 572 g/mol. The van der Waals surface area contributed by atoms with Crippen molar-refractivity contribution < 1.29 is 33.6 Å². The molecular formula is C28H30BrNO7. The number of dihydropyridines is 1. The zero-order valence-electron chi connectivity index (χ0n) is 21.4. The Morgan fingerprint density at radius 2 is 1.70 bits per heavy atom. The summed E-state index contributed by atoms with van der Waals surface area (Å²) in [4.78, 5) is 26.9. The highest BCUT2D eigenvalue weighted by Gasteiger charge is 2.42. The lowest BCUT2D eigenvalue weighted by Gasteiger charge is -2.37. The van der Waals surface area contributed by atoms with E-state index in [-0.39, 0.29) is 36.2 Å². The minimum absolute atomic E-state index is 0.0590. The van der Waals surface area contributed by atoms with Crippen LogP contribution in [0.15, 0.2) is 57.3 Å². The largest absolute Gasteiger partial charge is 0.503 e. The minimum atomic E-state index is -0.681. The number of aromatic hydroxyl groups is 1. The van der Waals surface area contributed by atoms with E-state index in [0.29, 0.717) is 44.8 Å². The molecule has 0 radical (unpaired) electrons. The van der Waals surface area contributed by atoms with Crippen molar-refractivity contribution in [2.75, 3.05) is 27.9 Å². The number of methoxy groups -OCH3 is 3. The number of phenols is 1. The van der Waals surface area contributed by atoms with Gasteiger partial charge in [0.1, 0.15) is 0 Å². The van der Waals surface area contributed by atoms with Crippen molar-refractivity contribution in [1.29, 1.82) is 0 Å². The third-order valence-corrected chi connectivity index (χ3v) is 7.41. The second kappa shape index (κ2) is 10.9. The quantitative estimate of drug-likeness (QED) is 0.442. The van der Waals surface area contributed by atoms with E-state index in [1.807, 2.05) is 18.2 Å². The first-order valence-corrected chi connectivity index (χ1v) is 12.7. The predicted octanol–water partition coefficient (Wildman–Crippen LogP) is 5.11. The molecule has 0 saturated carbocycles. The van der Waals surface area contributed by atoms with Crippen molar-refractivity contribution in [3.8, 4) is 23.0 Å². The van der Waals surface area contributed by atoms with E-state index in [0.717, 1.165) is 11.3 Å². The Kier molecular flexibility index (Phi) is 7.82. The predicted molar refractivity (Wildman–Crippen MR) is 141 cm³/mol. The molecule has 2 N–H and O–H groups in total. The van der Waals surface area contributed by atoms with Crippen molar-refractivity contribution in [3.05, 3.63) is 68.5 Å². The molecule has 2 atom stereocenters. The van der Waals surface area contributed by atoms with Gasteiger partial charge in [-0.3, -0.25) is 4.79 Å². The summed E-state index contributed by atoms with van der Waals surface area (Å²) < 4.78 is 22.0. The van der Waals surface area contributed by atoms with Crippen LogP contribution in [0, 0.1) is 0 Å². The SMILES string of the molecule is CCOC(=O)C1=C(C)NC2=C(C(=O)C[C@@H](c3ccc(OC)c(OC)c3)C2)[C@@H]1c1cc(Br)c(O)c(OC)c1. The van der Waals surface area contributed by atoms with Gasteiger partial charge in [-0.05, 0) is 77.5 Å². The molecule has 9 heteroatoms. The van der Waals surface area contributed by atoms with Gasteiger partial charge in [-0.25, -0.2) is 4.79 Å². The number of phenolic OH excluding ortho intramolecular Hbond substituents is 1. The fourth-order valence-electron chi connectivity index (χ4n) is 5.11. The Morgan fingerprint density at radius 3 is 2.35 bits per heavy atom. The number of hydrogen-bond acceptors (Lipinski definition) is 8. The summed E-state index contributed by atoms with van der Waals surface area (Å²) in [7, 11) is 4.61. The zero-order chi connectivity index (χ0) is 26.9. The van der Waals surface area contributed by atoms with Crippen LogP contribution in [0.3, 0.4) is 0 Å². The standard InChI is InChI=1S/C28H30BrNO7/c1-6-37-28(33)24-14(2)30-19-10-16(15-7-8-21(34-3)22(12-15)35-4)11-20(31)26(19)25(24)17-9-18(29)27(32)23(13-17)36-5/h7-9,12-13,16,25,30,32H,6,10-11H2,1-5H3/t16-,25+/m0/s1. The molecule has 0 amide bonds. The van der Waals surface area contributed by atoms with Crippen LogP contribution in [0.25, 0.3) is 0 Å². The zero-order valence-corrected chi connectivity index (χ0v) is 23.0. The van der Waals surface area contributed by atoms with Crippen LogP contribution < -0.4 is 19.5 Å². The van der Waals surface area contributed by atoms with Crippen LogP contribution in [0.2, 0.25) is 0 Å². The summed E-state index contributed by atoms with van der Waals surface area (Å²) in [5, 5.41) is 13.7. The first kappa shape index (κ1) is 26.6. The number of halogens is 1. The van der Waals surface area contributed by atoms with E-state index in [4.69, 9.17) is 18.9 Å². The van der Waals surface area contributed by atoms with Gasteiger partial charge in [-0.1, -0.05) is 6.07 Å². The van der Waals surface area contributed by atoms with Crippen LogP contribution in [0.4, 0.5) is 0 Å². The molecule has 196 valence electrons. The van der Waals surface area contributed by atoms with Gasteiger partial charge < -0.3 is 29.4 Å². The average Bonchev–Trinajstić information content (AvgIpc) is 2.88. The summed E-state index contributed by atoms with van der Waals surface area (Å²) in [6.45, 7) is 3.75. The van der Waals surface area contributed by atoms with Gasteiger partial charge in [0.2, 0.25) is 0 Å². The lowest BCUT2D eigenvalue weighted by Crippen LogP contribution is -2.36. The normalized spacial score (nSPS) is 19.2. The van der Waals surface area contributed by atoms with Crippen LogP contribution in [0.1, 0.15) is 49.7 Å². The summed E-state index contributed by atoms with van der Waals surface area (Å²) in [5.41, 5.74) is 3.85. The lowest BCUT2D eigenvalue weighted by atomic mass is 9.71. The molecule has 0 fully saturated rings. The third-order valence-electron chi connectivity index (χ3n) is 6.81. The number of rotatable bonds is 7. The molecule has 0 unspecified atom stereocenters. The third kappa shape index (κ3) is 4.92. The molecule has 1 heterocycles. The fraction of sp³-hybridized carbons (Fsp3) is 0.357. The van der Waals surface area contributed by atoms with Gasteiger partial charge in [-0.15, -0.1) is 0 Å². The first-order valence-electron chi connectivity index (χ1n) is 11.9. The van der Waals surface area contributed by atoms with E-state index in [1.54, 1.807) is 40.2 Å². The molecule has 1 aliphatic heterocycles. The van der Waals surface area contributed by atoms with Gasteiger partial charge in [0.05, 0.1) is 38.0 Å². The monoisotopic (exact) mass is 571 g/mol. The molecule has 2 aromatic carbocycles. The summed E-state index contributed by atoms with van der Waals surface area (Å²) in [5.74, 6) is 0.0566. The Morgan fingerprint density at radius 1 is 1.03 bits per heavy atom. The van der Waals surface area contributed by atoms with Gasteiger partial charge in [-0.2, -0.15) is 0 Å². The van der Waals surface area contributed by atoms with Crippen LogP contribution >= 0.6 is 15.9 Å². The minimum Gasteiger partial charge on any atom is -0.503 e. The van der Waals surface area contributed by atoms with E-state index in [9.17, 15) is 14.7 Å². The number of Topliss-reactive ketones (excluding diaryl/α,β-unsaturated/α-hetero) is 1. The fourth-order valence-corrected chi connectivity index (χ4v) is 5.57. The summed E-state index contributed by atoms with van der Waals surface area (Å²) >= 11 is 3.37. The highest BCUT2D eigenvalue weighted by Crippen LogP contribution is 2.48. The molecule has 0 saturated heterocycles. The smallest absolute Gasteiger partial charge is 0.336 e. The Labute approximate surface area is 224 Å². The van der Waals surface area contributed by atoms with Crippen LogP contribution in [0.5, 0.6) is 23.0 Å². The molecule has 8 nitrogen and oxygen atoms in total. The summed E-state index contributed by atoms with van der Waals surface area (Å²) in [6, 6.07) is 9.04. The number of ether oxygens (including phenoxy) is 4. The Bertz CT molecular complexity index is 1310. The number of carbonyl (C=O) groups excluding carboxylic acids is 2. The van der Waals surface area contributed by atoms with Gasteiger partial charge >= 0.3 is 5.97 Å². The number of nitrogens with one attached hydrogen (secondary N) is 1. The van der Waals surface area contributed by atoms with Crippen molar-refractivity contribution in [3.63, 3.8) is 0 Å².